The van der Waals surface area contributed by atoms with E-state index in [0.717, 1.165) is 35.3 Å². The molecule has 0 saturated carbocycles. The maximum Gasteiger partial charge on any atom is 0.254 e. The molecule has 0 aliphatic carbocycles. The fourth-order valence-electron chi connectivity index (χ4n) is 4.61. The first-order valence-electron chi connectivity index (χ1n) is 12.9. The zero-order valence-electron chi connectivity index (χ0n) is 22.6. The summed E-state index contributed by atoms with van der Waals surface area (Å²) in [7, 11) is 0. The Labute approximate surface area is 233 Å². The summed E-state index contributed by atoms with van der Waals surface area (Å²) in [6.07, 6.45) is 3.22. The second kappa shape index (κ2) is 12.5. The first-order chi connectivity index (χ1) is 18.9. The fourth-order valence-corrected chi connectivity index (χ4v) is 5.50. The Balaban J connectivity index is 1.59. The number of nitrogens with zero attached hydrogens (tertiary/aromatic N) is 1. The van der Waals surface area contributed by atoms with Crippen LogP contribution in [0, 0.1) is 18.3 Å². The van der Waals surface area contributed by atoms with Gasteiger partial charge in [0.05, 0.1) is 40.2 Å². The van der Waals surface area contributed by atoms with Crippen LogP contribution in [0.25, 0.3) is 0 Å². The Morgan fingerprint density at radius 2 is 1.79 bits per heavy atom. The van der Waals surface area contributed by atoms with Crippen molar-refractivity contribution in [2.45, 2.75) is 46.5 Å². The summed E-state index contributed by atoms with van der Waals surface area (Å²) in [5.74, 6) is -0.645. The fraction of sp³-hybridized carbons (Fsp3) is 0.258. The highest BCUT2D eigenvalue weighted by Crippen LogP contribution is 2.41. The molecule has 3 aromatic rings. The van der Waals surface area contributed by atoms with Crippen molar-refractivity contribution < 1.29 is 14.0 Å². The van der Waals surface area contributed by atoms with Crippen molar-refractivity contribution in [2.24, 2.45) is 0 Å². The number of nitrogens with one attached hydrogen (secondary N) is 3. The van der Waals surface area contributed by atoms with Gasteiger partial charge in [-0.05, 0) is 67.6 Å². The standard InChI is InChI=1S/C31H32N4O3S/c1-5-21-12-14-23(15-13-21)34-26(36)18-39-31-24(17-32)28(25-11-8-16-38-25)27(20(4)33-31)30(37)35-29-19(3)9-7-10-22(29)6-2/h7-16,28,33H,5-6,18H2,1-4H3,(H,34,36)(H,35,37)/t28-/m0/s1. The van der Waals surface area contributed by atoms with E-state index < -0.39 is 5.92 Å². The largest absolute Gasteiger partial charge is 0.468 e. The molecule has 39 heavy (non-hydrogen) atoms. The second-order valence-corrected chi connectivity index (χ2v) is 10.3. The average Bonchev–Trinajstić information content (AvgIpc) is 3.47. The number of amides is 2. The number of carbonyl (C=O) groups is 2. The van der Waals surface area contributed by atoms with Gasteiger partial charge in [-0.15, -0.1) is 0 Å². The number of nitriles is 1. The maximum atomic E-state index is 13.7. The summed E-state index contributed by atoms with van der Waals surface area (Å²) in [5, 5.41) is 20.0. The molecule has 0 unspecified atom stereocenters. The highest BCUT2D eigenvalue weighted by Gasteiger charge is 2.36. The van der Waals surface area contributed by atoms with Crippen LogP contribution in [-0.2, 0) is 22.4 Å². The van der Waals surface area contributed by atoms with Crippen LogP contribution in [0.2, 0.25) is 0 Å². The van der Waals surface area contributed by atoms with E-state index in [-0.39, 0.29) is 17.6 Å². The van der Waals surface area contributed by atoms with Gasteiger partial charge in [-0.3, -0.25) is 9.59 Å². The highest BCUT2D eigenvalue weighted by atomic mass is 32.2. The number of para-hydroxylation sites is 1. The van der Waals surface area contributed by atoms with Crippen LogP contribution in [0.5, 0.6) is 0 Å². The van der Waals surface area contributed by atoms with Crippen LogP contribution in [0.4, 0.5) is 11.4 Å². The first kappa shape index (κ1) is 27.8. The van der Waals surface area contributed by atoms with Gasteiger partial charge in [-0.1, -0.05) is 55.9 Å². The third-order valence-corrected chi connectivity index (χ3v) is 7.71. The van der Waals surface area contributed by atoms with E-state index in [1.165, 1.54) is 23.6 Å². The molecule has 1 aliphatic rings. The van der Waals surface area contributed by atoms with Gasteiger partial charge in [0.25, 0.3) is 5.91 Å². The van der Waals surface area contributed by atoms with Gasteiger partial charge in [0.2, 0.25) is 5.91 Å². The first-order valence-corrected chi connectivity index (χ1v) is 13.9. The van der Waals surface area contributed by atoms with Crippen LogP contribution >= 0.6 is 11.8 Å². The van der Waals surface area contributed by atoms with E-state index in [4.69, 9.17) is 4.42 Å². The molecule has 2 amide bonds. The number of aryl methyl sites for hydroxylation is 3. The Hall–Kier alpha value is -4.22. The van der Waals surface area contributed by atoms with Crippen molar-refractivity contribution in [3.63, 3.8) is 0 Å². The summed E-state index contributed by atoms with van der Waals surface area (Å²) in [5.41, 5.74) is 5.99. The van der Waals surface area contributed by atoms with E-state index in [1.54, 1.807) is 19.1 Å². The molecule has 8 heteroatoms. The summed E-state index contributed by atoms with van der Waals surface area (Å²) >= 11 is 1.22. The molecule has 2 aromatic carbocycles. The minimum absolute atomic E-state index is 0.0891. The molecule has 0 fully saturated rings. The van der Waals surface area contributed by atoms with Crippen molar-refractivity contribution in [1.29, 1.82) is 5.26 Å². The van der Waals surface area contributed by atoms with Crippen LogP contribution in [-0.4, -0.2) is 17.6 Å². The second-order valence-electron chi connectivity index (χ2n) is 9.27. The number of anilines is 2. The van der Waals surface area contributed by atoms with Gasteiger partial charge in [-0.2, -0.15) is 5.26 Å². The molecule has 2 heterocycles. The lowest BCUT2D eigenvalue weighted by atomic mass is 9.85. The normalized spacial score (nSPS) is 15.0. The van der Waals surface area contributed by atoms with Gasteiger partial charge in [0.15, 0.2) is 0 Å². The zero-order chi connectivity index (χ0) is 27.9. The molecular weight excluding hydrogens is 508 g/mol. The molecule has 1 aromatic heterocycles. The number of hydrogen-bond donors (Lipinski definition) is 3. The third-order valence-electron chi connectivity index (χ3n) is 6.69. The van der Waals surface area contributed by atoms with Crippen LogP contribution in [0.15, 0.2) is 87.1 Å². The molecule has 0 radical (unpaired) electrons. The number of carbonyl (C=O) groups excluding carboxylic acids is 2. The van der Waals surface area contributed by atoms with Gasteiger partial charge in [0.1, 0.15) is 5.76 Å². The van der Waals surface area contributed by atoms with Crippen molar-refractivity contribution in [3.8, 4) is 6.07 Å². The number of dihydropyridines is 1. The zero-order valence-corrected chi connectivity index (χ0v) is 23.4. The molecule has 1 atom stereocenters. The minimum Gasteiger partial charge on any atom is -0.468 e. The van der Waals surface area contributed by atoms with E-state index in [0.29, 0.717) is 27.6 Å². The third kappa shape index (κ3) is 6.27. The molecule has 4 rings (SSSR count). The quantitative estimate of drug-likeness (QED) is 0.289. The monoisotopic (exact) mass is 540 g/mol. The molecular formula is C31H32N4O3S. The molecule has 0 saturated heterocycles. The van der Waals surface area contributed by atoms with E-state index in [1.807, 2.05) is 56.3 Å². The minimum atomic E-state index is -0.715. The number of hydrogen-bond acceptors (Lipinski definition) is 6. The average molecular weight is 541 g/mol. The molecule has 7 nitrogen and oxygen atoms in total. The van der Waals surface area contributed by atoms with Crippen molar-refractivity contribution in [1.82, 2.24) is 5.32 Å². The Bertz CT molecular complexity index is 1460. The summed E-state index contributed by atoms with van der Waals surface area (Å²) < 4.78 is 5.71. The Kier molecular flexibility index (Phi) is 8.95. The molecule has 3 N–H and O–H groups in total. The van der Waals surface area contributed by atoms with Crippen molar-refractivity contribution in [3.05, 3.63) is 105 Å². The highest BCUT2D eigenvalue weighted by molar-refractivity contribution is 8.03. The SMILES string of the molecule is CCc1ccc(NC(=O)CSC2=C(C#N)[C@@H](c3ccco3)C(C(=O)Nc3c(C)cccc3CC)=C(C)N2)cc1. The predicted octanol–water partition coefficient (Wildman–Crippen LogP) is 6.42. The number of furan rings is 1. The van der Waals surface area contributed by atoms with Gasteiger partial charge < -0.3 is 20.4 Å². The number of allylic oxidation sites excluding steroid dienone is 2. The van der Waals surface area contributed by atoms with Crippen LogP contribution < -0.4 is 16.0 Å². The van der Waals surface area contributed by atoms with Crippen molar-refractivity contribution in [2.75, 3.05) is 16.4 Å². The van der Waals surface area contributed by atoms with E-state index in [2.05, 4.69) is 28.9 Å². The number of rotatable bonds is 9. The predicted molar refractivity (Wildman–Crippen MR) is 156 cm³/mol. The summed E-state index contributed by atoms with van der Waals surface area (Å²) in [6, 6.07) is 19.4. The maximum absolute atomic E-state index is 13.7. The molecule has 200 valence electrons. The van der Waals surface area contributed by atoms with Gasteiger partial charge in [0, 0.05) is 17.1 Å². The smallest absolute Gasteiger partial charge is 0.254 e. The van der Waals surface area contributed by atoms with Gasteiger partial charge in [-0.25, -0.2) is 0 Å². The Morgan fingerprint density at radius 3 is 2.44 bits per heavy atom. The van der Waals surface area contributed by atoms with Crippen LogP contribution in [0.1, 0.15) is 49.1 Å². The number of benzene rings is 2. The lowest BCUT2D eigenvalue weighted by Crippen LogP contribution is -2.31. The molecule has 0 spiro atoms. The van der Waals surface area contributed by atoms with E-state index >= 15 is 0 Å². The van der Waals surface area contributed by atoms with Crippen LogP contribution in [0.3, 0.4) is 0 Å². The number of thioether (sulfide) groups is 1. The molecule has 1 aliphatic heterocycles. The lowest BCUT2D eigenvalue weighted by molar-refractivity contribution is -0.114. The molecule has 0 bridgehead atoms. The van der Waals surface area contributed by atoms with Gasteiger partial charge >= 0.3 is 0 Å². The van der Waals surface area contributed by atoms with Crippen molar-refractivity contribution >= 4 is 35.0 Å². The Morgan fingerprint density at radius 1 is 1.03 bits per heavy atom. The topological polar surface area (TPSA) is 107 Å². The van der Waals surface area contributed by atoms with E-state index in [9.17, 15) is 14.9 Å². The summed E-state index contributed by atoms with van der Waals surface area (Å²) in [6.45, 7) is 7.87. The summed E-state index contributed by atoms with van der Waals surface area (Å²) in [4.78, 5) is 26.4. The lowest BCUT2D eigenvalue weighted by Gasteiger charge is -2.28.